The second kappa shape index (κ2) is 10.3. The van der Waals surface area contributed by atoms with Gasteiger partial charge in [0.2, 0.25) is 23.3 Å². The Hall–Kier alpha value is -3.96. The molecule has 2 bridgehead atoms. The lowest BCUT2D eigenvalue weighted by Gasteiger charge is -2.39. The van der Waals surface area contributed by atoms with E-state index in [1.165, 1.54) is 16.0 Å². The van der Waals surface area contributed by atoms with Gasteiger partial charge in [-0.2, -0.15) is 18.4 Å². The van der Waals surface area contributed by atoms with E-state index in [1.807, 2.05) is 0 Å². The fraction of sp³-hybridized carbons (Fsp3) is 0.688. The highest BCUT2D eigenvalue weighted by Crippen LogP contribution is 2.60. The molecule has 47 heavy (non-hydrogen) atoms. The number of alkyl halides is 4. The van der Waals surface area contributed by atoms with Gasteiger partial charge in [0.1, 0.15) is 29.7 Å². The maximum atomic E-state index is 15.3. The van der Waals surface area contributed by atoms with Gasteiger partial charge >= 0.3 is 6.18 Å². The summed E-state index contributed by atoms with van der Waals surface area (Å²) in [4.78, 5) is 62.1. The minimum absolute atomic E-state index is 0.0624. The third-order valence-corrected chi connectivity index (χ3v) is 11.4. The van der Waals surface area contributed by atoms with Gasteiger partial charge in [0, 0.05) is 19.2 Å². The normalized spacial score (nSPS) is 35.4. The zero-order chi connectivity index (χ0) is 33.8. The van der Waals surface area contributed by atoms with Crippen molar-refractivity contribution in [3.05, 3.63) is 18.3 Å². The van der Waals surface area contributed by atoms with Gasteiger partial charge in [-0.05, 0) is 66.9 Å². The predicted molar refractivity (Wildman–Crippen MR) is 155 cm³/mol. The van der Waals surface area contributed by atoms with Gasteiger partial charge in [-0.15, -0.1) is 0 Å². The monoisotopic (exact) mass is 660 g/mol. The zero-order valence-corrected chi connectivity index (χ0v) is 26.1. The lowest BCUT2D eigenvalue weighted by atomic mass is 9.77. The molecule has 15 heteroatoms. The third-order valence-electron chi connectivity index (χ3n) is 11.4. The lowest BCUT2D eigenvalue weighted by Crippen LogP contribution is -2.61. The number of aromatic nitrogens is 1. The summed E-state index contributed by atoms with van der Waals surface area (Å²) in [6.45, 7) is 4.58. The molecule has 7 rings (SSSR count). The van der Waals surface area contributed by atoms with Crippen LogP contribution in [0.3, 0.4) is 0 Å². The Morgan fingerprint density at radius 2 is 1.89 bits per heavy atom. The predicted octanol–water partition coefficient (Wildman–Crippen LogP) is 2.97. The molecule has 0 aromatic carbocycles. The maximum Gasteiger partial charge on any atom is 0.403 e. The van der Waals surface area contributed by atoms with Crippen LogP contribution in [0, 0.1) is 45.8 Å². The van der Waals surface area contributed by atoms with Crippen LogP contribution in [0.5, 0.6) is 5.75 Å². The highest BCUT2D eigenvalue weighted by atomic mass is 19.4. The molecule has 1 aromatic rings. The van der Waals surface area contributed by atoms with Crippen LogP contribution < -0.4 is 15.4 Å². The number of amides is 4. The second-order valence-electron chi connectivity index (χ2n) is 15.2. The van der Waals surface area contributed by atoms with Crippen LogP contribution in [0.4, 0.5) is 23.4 Å². The molecule has 2 N–H and O–H groups in total. The highest BCUT2D eigenvalue weighted by Gasteiger charge is 2.70. The number of hydrogen-bond acceptors (Lipinski definition) is 7. The number of nitrogens with zero attached hydrogens (tertiary/aromatic N) is 4. The van der Waals surface area contributed by atoms with Crippen molar-refractivity contribution in [2.24, 2.45) is 34.5 Å². The summed E-state index contributed by atoms with van der Waals surface area (Å²) >= 11 is 0. The molecule has 252 valence electrons. The standard InChI is InChI=1S/C32H36F4N6O5/c1-29(2,3)23(39-27(45)30(6-7-30)32(34,35)36)26(44)41-13-18-15-9-17(19(33)10-15)21(18)22(41)25(43)42-14-31(11-16(42)12-37)28(46)40-24-20(47-31)5-4-8-38-24/h4-5,8,15-19,21-23H,6-7,9-11,13-14H2,1-3H3,(H,39,45)(H,38,40,46). The molecule has 9 atom stereocenters. The smallest absolute Gasteiger partial charge is 0.403 e. The molecule has 3 saturated carbocycles. The van der Waals surface area contributed by atoms with E-state index in [9.17, 15) is 37.6 Å². The van der Waals surface area contributed by atoms with Crippen LogP contribution in [0.25, 0.3) is 0 Å². The summed E-state index contributed by atoms with van der Waals surface area (Å²) in [5.74, 6) is -4.26. The number of carbonyl (C=O) groups excluding carboxylic acids is 4. The topological polar surface area (TPSA) is 145 Å². The van der Waals surface area contributed by atoms with Crippen LogP contribution in [0.15, 0.2) is 18.3 Å². The molecule has 6 aliphatic rings. The molecule has 9 unspecified atom stereocenters. The number of hydrogen-bond donors (Lipinski definition) is 2. The average Bonchev–Trinajstić information content (AvgIpc) is 3.25. The van der Waals surface area contributed by atoms with Crippen LogP contribution in [-0.2, 0) is 19.2 Å². The fourth-order valence-corrected chi connectivity index (χ4v) is 8.77. The molecule has 1 aromatic heterocycles. The van der Waals surface area contributed by atoms with Crippen molar-refractivity contribution < 1.29 is 41.5 Å². The molecule has 4 heterocycles. The Balaban J connectivity index is 1.21. The van der Waals surface area contributed by atoms with Crippen molar-refractivity contribution in [1.29, 1.82) is 5.26 Å². The summed E-state index contributed by atoms with van der Waals surface area (Å²) in [6, 6.07) is 1.50. The van der Waals surface area contributed by atoms with E-state index in [-0.39, 0.29) is 62.2 Å². The summed E-state index contributed by atoms with van der Waals surface area (Å²) in [6.07, 6.45) is -4.61. The van der Waals surface area contributed by atoms with Gasteiger partial charge in [-0.25, -0.2) is 9.37 Å². The first-order valence-electron chi connectivity index (χ1n) is 16.0. The van der Waals surface area contributed by atoms with Crippen molar-refractivity contribution in [2.75, 3.05) is 18.4 Å². The van der Waals surface area contributed by atoms with Crippen LogP contribution in [0.2, 0.25) is 0 Å². The number of pyridine rings is 1. The number of halogens is 4. The van der Waals surface area contributed by atoms with Crippen molar-refractivity contribution in [3.8, 4) is 11.8 Å². The summed E-state index contributed by atoms with van der Waals surface area (Å²) in [7, 11) is 0. The van der Waals surface area contributed by atoms with Gasteiger partial charge in [0.05, 0.1) is 12.6 Å². The minimum atomic E-state index is -4.79. The van der Waals surface area contributed by atoms with Crippen LogP contribution in [0.1, 0.15) is 52.9 Å². The van der Waals surface area contributed by atoms with Crippen molar-refractivity contribution in [1.82, 2.24) is 20.1 Å². The minimum Gasteiger partial charge on any atom is -0.472 e. The lowest BCUT2D eigenvalue weighted by molar-refractivity contribution is -0.193. The highest BCUT2D eigenvalue weighted by molar-refractivity contribution is 6.01. The molecule has 3 aliphatic heterocycles. The first-order valence-corrected chi connectivity index (χ1v) is 16.0. The van der Waals surface area contributed by atoms with Gasteiger partial charge in [0.15, 0.2) is 11.6 Å². The number of ether oxygens (including phenoxy) is 1. The number of carbonyl (C=O) groups is 4. The second-order valence-corrected chi connectivity index (χ2v) is 15.2. The SMILES string of the molecule is CC(C)(C)C(NC(=O)C1(C(F)(F)F)CC1)C(=O)N1CC2C3CC(F)C(C3)C2C1C(=O)N1CC2(CC1C#N)Oc1cccnc1NC2=O. The van der Waals surface area contributed by atoms with E-state index in [1.54, 1.807) is 32.9 Å². The number of anilines is 1. The summed E-state index contributed by atoms with van der Waals surface area (Å²) in [5.41, 5.74) is -5.23. The number of nitriles is 1. The quantitative estimate of drug-likeness (QED) is 0.473. The Morgan fingerprint density at radius 3 is 2.53 bits per heavy atom. The first kappa shape index (κ1) is 31.6. The molecular weight excluding hydrogens is 624 g/mol. The van der Waals surface area contributed by atoms with Gasteiger partial charge in [-0.1, -0.05) is 20.8 Å². The Kier molecular flexibility index (Phi) is 6.91. The van der Waals surface area contributed by atoms with Crippen molar-refractivity contribution >= 4 is 29.4 Å². The van der Waals surface area contributed by atoms with Crippen LogP contribution in [-0.4, -0.2) is 87.6 Å². The van der Waals surface area contributed by atoms with E-state index in [0.29, 0.717) is 6.42 Å². The maximum absolute atomic E-state index is 15.3. The van der Waals surface area contributed by atoms with E-state index in [4.69, 9.17) is 4.74 Å². The van der Waals surface area contributed by atoms with Crippen molar-refractivity contribution in [3.63, 3.8) is 0 Å². The van der Waals surface area contributed by atoms with Gasteiger partial charge in [-0.3, -0.25) is 19.2 Å². The Bertz CT molecular complexity index is 1590. The molecule has 0 radical (unpaired) electrons. The van der Waals surface area contributed by atoms with E-state index < -0.39 is 82.4 Å². The van der Waals surface area contributed by atoms with E-state index >= 15 is 4.39 Å². The molecule has 4 amide bonds. The number of fused-ring (bicyclic) bond motifs is 6. The van der Waals surface area contributed by atoms with Gasteiger partial charge in [0.25, 0.3) is 5.91 Å². The fourth-order valence-electron chi connectivity index (χ4n) is 8.77. The van der Waals surface area contributed by atoms with E-state index in [2.05, 4.69) is 21.7 Å². The number of likely N-dealkylation sites (tertiary alicyclic amines) is 2. The molecule has 11 nitrogen and oxygen atoms in total. The molecular formula is C32H36F4N6O5. The number of nitrogens with one attached hydrogen (secondary N) is 2. The average molecular weight is 661 g/mol. The first-order chi connectivity index (χ1) is 22.0. The van der Waals surface area contributed by atoms with Crippen LogP contribution >= 0.6 is 0 Å². The molecule has 1 spiro atoms. The molecule has 3 aliphatic carbocycles. The third kappa shape index (κ3) is 4.68. The Labute approximate surface area is 268 Å². The molecule has 5 fully saturated rings. The summed E-state index contributed by atoms with van der Waals surface area (Å²) in [5, 5.41) is 15.2. The van der Waals surface area contributed by atoms with Gasteiger partial charge < -0.3 is 25.2 Å². The largest absolute Gasteiger partial charge is 0.472 e. The molecule has 2 saturated heterocycles. The summed E-state index contributed by atoms with van der Waals surface area (Å²) < 4.78 is 62.9. The number of rotatable bonds is 4. The Morgan fingerprint density at radius 1 is 1.17 bits per heavy atom. The van der Waals surface area contributed by atoms with Crippen molar-refractivity contribution in [2.45, 2.75) is 88.9 Å². The zero-order valence-electron chi connectivity index (χ0n) is 26.1. The van der Waals surface area contributed by atoms with E-state index in [0.717, 1.165) is 0 Å².